The maximum Gasteiger partial charge on any atom is 0.263 e. The summed E-state index contributed by atoms with van der Waals surface area (Å²) in [6.45, 7) is 1.69. The Morgan fingerprint density at radius 1 is 1.04 bits per heavy atom. The minimum atomic E-state index is -3.71. The second-order valence-corrected chi connectivity index (χ2v) is 6.87. The lowest BCUT2D eigenvalue weighted by Gasteiger charge is -2.07. The van der Waals surface area contributed by atoms with E-state index in [-0.39, 0.29) is 10.7 Å². The second kappa shape index (κ2) is 6.37. The van der Waals surface area contributed by atoms with E-state index in [9.17, 15) is 8.42 Å². The Balaban J connectivity index is 1.85. The third-order valence-electron chi connectivity index (χ3n) is 3.43. The number of hydrogen-bond donors (Lipinski definition) is 1. The molecule has 124 valence electrons. The molecule has 0 aliphatic carbocycles. The van der Waals surface area contributed by atoms with Gasteiger partial charge in [-0.1, -0.05) is 29.4 Å². The van der Waals surface area contributed by atoms with Gasteiger partial charge in [0, 0.05) is 6.07 Å². The Morgan fingerprint density at radius 2 is 1.79 bits per heavy atom. The van der Waals surface area contributed by atoms with E-state index in [2.05, 4.69) is 9.88 Å². The predicted octanol–water partition coefficient (Wildman–Crippen LogP) is 3.46. The molecule has 0 saturated carbocycles. The van der Waals surface area contributed by atoms with Crippen LogP contribution in [0.15, 0.2) is 64.0 Å². The van der Waals surface area contributed by atoms with Gasteiger partial charge in [0.2, 0.25) is 0 Å². The van der Waals surface area contributed by atoms with E-state index in [1.165, 1.54) is 6.07 Å². The second-order valence-electron chi connectivity index (χ2n) is 5.18. The van der Waals surface area contributed by atoms with Crippen molar-refractivity contribution in [2.75, 3.05) is 11.8 Å². The highest BCUT2D eigenvalue weighted by Gasteiger charge is 2.16. The summed E-state index contributed by atoms with van der Waals surface area (Å²) in [5, 5.41) is 3.63. The maximum absolute atomic E-state index is 12.3. The van der Waals surface area contributed by atoms with Gasteiger partial charge in [0.15, 0.2) is 5.82 Å². The molecule has 0 unspecified atom stereocenters. The van der Waals surface area contributed by atoms with Crippen molar-refractivity contribution in [1.82, 2.24) is 5.16 Å². The lowest BCUT2D eigenvalue weighted by molar-refractivity contribution is 0.400. The molecular weight excluding hydrogens is 328 g/mol. The summed E-state index contributed by atoms with van der Waals surface area (Å²) in [4.78, 5) is 0.148. The van der Waals surface area contributed by atoms with Crippen molar-refractivity contribution >= 4 is 15.8 Å². The van der Waals surface area contributed by atoms with Crippen LogP contribution in [0.3, 0.4) is 0 Å². The highest BCUT2D eigenvalue weighted by atomic mass is 32.2. The summed E-state index contributed by atoms with van der Waals surface area (Å²) < 4.78 is 37.1. The lowest BCUT2D eigenvalue weighted by Crippen LogP contribution is -2.13. The van der Waals surface area contributed by atoms with Gasteiger partial charge < -0.3 is 9.26 Å². The largest absolute Gasteiger partial charge is 0.497 e. The summed E-state index contributed by atoms with van der Waals surface area (Å²) in [5.74, 6) is 1.43. The minimum absolute atomic E-state index is 0.148. The van der Waals surface area contributed by atoms with Gasteiger partial charge in [-0.15, -0.1) is 0 Å². The monoisotopic (exact) mass is 344 g/mol. The summed E-state index contributed by atoms with van der Waals surface area (Å²) in [6.07, 6.45) is 0. The molecule has 0 saturated heterocycles. The highest BCUT2D eigenvalue weighted by molar-refractivity contribution is 7.92. The molecule has 3 rings (SSSR count). The number of methoxy groups -OCH3 is 1. The smallest absolute Gasteiger partial charge is 0.263 e. The standard InChI is InChI=1S/C17H16N2O4S/c1-12-10-17(18-23-12)19-24(20,21)16-8-6-13(7-9-16)14-4-3-5-15(11-14)22-2/h3-11H,1-2H3,(H,18,19). The molecular formula is C17H16N2O4S. The molecule has 0 fully saturated rings. The normalized spacial score (nSPS) is 11.2. The fourth-order valence-corrected chi connectivity index (χ4v) is 3.22. The molecule has 24 heavy (non-hydrogen) atoms. The average Bonchev–Trinajstić information content (AvgIpc) is 2.99. The van der Waals surface area contributed by atoms with Gasteiger partial charge in [-0.3, -0.25) is 4.72 Å². The number of ether oxygens (including phenoxy) is 1. The van der Waals surface area contributed by atoms with E-state index in [0.29, 0.717) is 5.76 Å². The van der Waals surface area contributed by atoms with Crippen molar-refractivity contribution in [2.24, 2.45) is 0 Å². The van der Waals surface area contributed by atoms with Crippen LogP contribution in [0.2, 0.25) is 0 Å². The predicted molar refractivity (Wildman–Crippen MR) is 90.5 cm³/mol. The van der Waals surface area contributed by atoms with Crippen molar-refractivity contribution in [2.45, 2.75) is 11.8 Å². The first kappa shape index (κ1) is 16.1. The summed E-state index contributed by atoms with van der Waals surface area (Å²) in [5.41, 5.74) is 1.84. The molecule has 0 radical (unpaired) electrons. The zero-order valence-corrected chi connectivity index (χ0v) is 14.0. The number of rotatable bonds is 5. The van der Waals surface area contributed by atoms with Gasteiger partial charge in [-0.25, -0.2) is 8.42 Å². The van der Waals surface area contributed by atoms with Gasteiger partial charge in [0.05, 0.1) is 12.0 Å². The van der Waals surface area contributed by atoms with Crippen LogP contribution < -0.4 is 9.46 Å². The Kier molecular flexibility index (Phi) is 4.26. The third-order valence-corrected chi connectivity index (χ3v) is 4.81. The topological polar surface area (TPSA) is 81.4 Å². The van der Waals surface area contributed by atoms with Crippen LogP contribution in [0.5, 0.6) is 5.75 Å². The molecule has 1 N–H and O–H groups in total. The van der Waals surface area contributed by atoms with Crippen molar-refractivity contribution in [1.29, 1.82) is 0 Å². The maximum atomic E-state index is 12.3. The third kappa shape index (κ3) is 3.41. The molecule has 0 spiro atoms. The fraction of sp³-hybridized carbons (Fsp3) is 0.118. The van der Waals surface area contributed by atoms with Crippen LogP contribution in [0.1, 0.15) is 5.76 Å². The van der Waals surface area contributed by atoms with Crippen LogP contribution >= 0.6 is 0 Å². The molecule has 1 aromatic heterocycles. The molecule has 0 bridgehead atoms. The number of nitrogens with zero attached hydrogens (tertiary/aromatic N) is 1. The molecule has 3 aromatic rings. The van der Waals surface area contributed by atoms with Crippen LogP contribution in [0.4, 0.5) is 5.82 Å². The minimum Gasteiger partial charge on any atom is -0.497 e. The van der Waals surface area contributed by atoms with Crippen LogP contribution in [-0.4, -0.2) is 20.7 Å². The van der Waals surface area contributed by atoms with E-state index in [0.717, 1.165) is 16.9 Å². The first-order valence-electron chi connectivity index (χ1n) is 7.18. The zero-order valence-electron chi connectivity index (χ0n) is 13.2. The molecule has 6 nitrogen and oxygen atoms in total. The SMILES string of the molecule is COc1cccc(-c2ccc(S(=O)(=O)Nc3cc(C)on3)cc2)c1. The quantitative estimate of drug-likeness (QED) is 0.766. The van der Waals surface area contributed by atoms with Gasteiger partial charge in [-0.05, 0) is 42.3 Å². The number of benzene rings is 2. The van der Waals surface area contributed by atoms with Gasteiger partial charge >= 0.3 is 0 Å². The number of aromatic nitrogens is 1. The Hall–Kier alpha value is -2.80. The summed E-state index contributed by atoms with van der Waals surface area (Å²) >= 11 is 0. The van der Waals surface area contributed by atoms with Crippen molar-refractivity contribution in [3.63, 3.8) is 0 Å². The van der Waals surface area contributed by atoms with Crippen LogP contribution in [0.25, 0.3) is 11.1 Å². The first-order valence-corrected chi connectivity index (χ1v) is 8.67. The first-order chi connectivity index (χ1) is 11.5. The molecule has 0 aliphatic rings. The highest BCUT2D eigenvalue weighted by Crippen LogP contribution is 2.25. The molecule has 2 aromatic carbocycles. The Labute approximate surface area is 140 Å². The van der Waals surface area contributed by atoms with Gasteiger partial charge in [-0.2, -0.15) is 0 Å². The number of nitrogens with one attached hydrogen (secondary N) is 1. The van der Waals surface area contributed by atoms with E-state index >= 15 is 0 Å². The van der Waals surface area contributed by atoms with Crippen molar-refractivity contribution in [3.8, 4) is 16.9 Å². The number of hydrogen-bond acceptors (Lipinski definition) is 5. The van der Waals surface area contributed by atoms with E-state index in [1.807, 2.05) is 24.3 Å². The van der Waals surface area contributed by atoms with E-state index in [1.54, 1.807) is 38.3 Å². The fourth-order valence-electron chi connectivity index (χ4n) is 2.24. The van der Waals surface area contributed by atoms with Crippen LogP contribution in [0, 0.1) is 6.92 Å². The zero-order chi connectivity index (χ0) is 17.2. The molecule has 7 heteroatoms. The Morgan fingerprint density at radius 3 is 2.42 bits per heavy atom. The summed E-state index contributed by atoms with van der Waals surface area (Å²) in [6, 6.07) is 15.7. The molecule has 0 amide bonds. The Bertz CT molecular complexity index is 947. The van der Waals surface area contributed by atoms with Crippen molar-refractivity contribution < 1.29 is 17.7 Å². The average molecular weight is 344 g/mol. The summed E-state index contributed by atoms with van der Waals surface area (Å²) in [7, 11) is -2.11. The van der Waals surface area contributed by atoms with Crippen LogP contribution in [-0.2, 0) is 10.0 Å². The lowest BCUT2D eigenvalue weighted by atomic mass is 10.1. The molecule has 0 aliphatic heterocycles. The van der Waals surface area contributed by atoms with Gasteiger partial charge in [0.25, 0.3) is 10.0 Å². The number of sulfonamides is 1. The van der Waals surface area contributed by atoms with E-state index < -0.39 is 10.0 Å². The van der Waals surface area contributed by atoms with Gasteiger partial charge in [0.1, 0.15) is 11.5 Å². The van der Waals surface area contributed by atoms with Crippen molar-refractivity contribution in [3.05, 3.63) is 60.4 Å². The van der Waals surface area contributed by atoms with E-state index in [4.69, 9.17) is 9.26 Å². The molecule has 0 atom stereocenters. The molecule has 1 heterocycles. The number of aryl methyl sites for hydroxylation is 1. The number of anilines is 1.